The monoisotopic (exact) mass is 319 g/mol. The maximum Gasteiger partial charge on any atom is 0.230 e. The zero-order chi connectivity index (χ0) is 12.4. The van der Waals surface area contributed by atoms with E-state index in [0.717, 1.165) is 25.4 Å². The van der Waals surface area contributed by atoms with Crippen molar-refractivity contribution in [1.82, 2.24) is 10.2 Å². The summed E-state index contributed by atoms with van der Waals surface area (Å²) in [5.74, 6) is 1.63. The van der Waals surface area contributed by atoms with E-state index in [-0.39, 0.29) is 36.8 Å². The Morgan fingerprint density at radius 3 is 2.33 bits per heavy atom. The topological polar surface area (TPSA) is 58.4 Å². The molecule has 3 N–H and O–H groups in total. The largest absolute Gasteiger partial charge is 0.352 e. The molecule has 0 aromatic heterocycles. The van der Waals surface area contributed by atoms with Gasteiger partial charge in [0.25, 0.3) is 0 Å². The lowest BCUT2D eigenvalue weighted by Gasteiger charge is -2.17. The molecule has 0 saturated carbocycles. The van der Waals surface area contributed by atoms with Crippen LogP contribution in [0.3, 0.4) is 0 Å². The van der Waals surface area contributed by atoms with Gasteiger partial charge in [-0.1, -0.05) is 13.8 Å². The van der Waals surface area contributed by atoms with E-state index in [0.29, 0.717) is 12.3 Å². The van der Waals surface area contributed by atoms with Crippen LogP contribution in [0.4, 0.5) is 0 Å². The molecule has 1 amide bonds. The fourth-order valence-corrected chi connectivity index (χ4v) is 2.07. The number of carbonyl (C=O) groups excluding carboxylic acids is 1. The molecule has 0 spiro atoms. The molecule has 0 radical (unpaired) electrons. The summed E-state index contributed by atoms with van der Waals surface area (Å²) in [7, 11) is 0. The standard InChI is InChI=1S/C11H25N3OS.2ClH/c1-4-14(5-2)6-7-16-9-11(15)13-10(3)8-12;;/h10H,4-9,12H2,1-3H3,(H,13,15);2*1H/t10-;;/m0../s1. The van der Waals surface area contributed by atoms with E-state index in [2.05, 4.69) is 24.1 Å². The molecular formula is C11H27Cl2N3OS. The fraction of sp³-hybridized carbons (Fsp3) is 0.909. The first kappa shape index (κ1) is 23.4. The number of carbonyl (C=O) groups is 1. The first-order valence-corrected chi connectivity index (χ1v) is 7.09. The van der Waals surface area contributed by atoms with Crippen molar-refractivity contribution in [3.05, 3.63) is 0 Å². The van der Waals surface area contributed by atoms with Crippen molar-refractivity contribution in [3.63, 3.8) is 0 Å². The van der Waals surface area contributed by atoms with Gasteiger partial charge in [-0.3, -0.25) is 4.79 Å². The summed E-state index contributed by atoms with van der Waals surface area (Å²) in [4.78, 5) is 13.7. The van der Waals surface area contributed by atoms with Crippen LogP contribution in [0.1, 0.15) is 20.8 Å². The van der Waals surface area contributed by atoms with Crippen molar-refractivity contribution >= 4 is 42.5 Å². The number of nitrogens with two attached hydrogens (primary N) is 1. The molecule has 0 saturated heterocycles. The van der Waals surface area contributed by atoms with Gasteiger partial charge in [-0.05, 0) is 20.0 Å². The van der Waals surface area contributed by atoms with Gasteiger partial charge in [-0.25, -0.2) is 0 Å². The number of rotatable bonds is 9. The van der Waals surface area contributed by atoms with Crippen LogP contribution in [0, 0.1) is 0 Å². The van der Waals surface area contributed by atoms with Gasteiger partial charge in [0.1, 0.15) is 0 Å². The molecule has 0 fully saturated rings. The molecule has 0 heterocycles. The third-order valence-electron chi connectivity index (χ3n) is 2.44. The first-order chi connectivity index (χ1) is 7.63. The first-order valence-electron chi connectivity index (χ1n) is 5.93. The number of amides is 1. The number of nitrogens with zero attached hydrogens (tertiary/aromatic N) is 1. The summed E-state index contributed by atoms with van der Waals surface area (Å²) in [6.07, 6.45) is 0. The second-order valence-corrected chi connectivity index (χ2v) is 4.89. The van der Waals surface area contributed by atoms with E-state index in [9.17, 15) is 4.79 Å². The molecule has 7 heteroatoms. The van der Waals surface area contributed by atoms with Gasteiger partial charge in [-0.2, -0.15) is 11.8 Å². The minimum absolute atomic E-state index is 0. The molecule has 0 bridgehead atoms. The number of halogens is 2. The highest BCUT2D eigenvalue weighted by molar-refractivity contribution is 7.99. The van der Waals surface area contributed by atoms with Crippen LogP contribution < -0.4 is 11.1 Å². The lowest BCUT2D eigenvalue weighted by molar-refractivity contribution is -0.119. The van der Waals surface area contributed by atoms with Crippen molar-refractivity contribution in [2.45, 2.75) is 26.8 Å². The van der Waals surface area contributed by atoms with Gasteiger partial charge in [0.2, 0.25) is 5.91 Å². The smallest absolute Gasteiger partial charge is 0.230 e. The zero-order valence-electron chi connectivity index (χ0n) is 11.5. The Kier molecular flexibility index (Phi) is 20.0. The van der Waals surface area contributed by atoms with Crippen molar-refractivity contribution in [1.29, 1.82) is 0 Å². The highest BCUT2D eigenvalue weighted by Crippen LogP contribution is 2.01. The Hall–Kier alpha value is 0.320. The van der Waals surface area contributed by atoms with Crippen molar-refractivity contribution < 1.29 is 4.79 Å². The van der Waals surface area contributed by atoms with Gasteiger partial charge in [0, 0.05) is 24.9 Å². The van der Waals surface area contributed by atoms with Gasteiger partial charge in [0.05, 0.1) is 5.75 Å². The molecule has 1 atom stereocenters. The summed E-state index contributed by atoms with van der Waals surface area (Å²) in [6, 6.07) is 0.0795. The average molecular weight is 320 g/mol. The Balaban J connectivity index is -0.00000112. The summed E-state index contributed by atoms with van der Waals surface area (Å²) < 4.78 is 0. The van der Waals surface area contributed by atoms with E-state index < -0.39 is 0 Å². The molecular weight excluding hydrogens is 293 g/mol. The summed E-state index contributed by atoms with van der Waals surface area (Å²) >= 11 is 1.68. The van der Waals surface area contributed by atoms with E-state index in [1.807, 2.05) is 6.92 Å². The minimum atomic E-state index is 0. The number of hydrogen-bond acceptors (Lipinski definition) is 4. The molecule has 4 nitrogen and oxygen atoms in total. The van der Waals surface area contributed by atoms with Crippen molar-refractivity contribution in [2.24, 2.45) is 5.73 Å². The van der Waals surface area contributed by atoms with Crippen LogP contribution >= 0.6 is 36.6 Å². The van der Waals surface area contributed by atoms with Gasteiger partial charge < -0.3 is 16.0 Å². The molecule has 0 aromatic rings. The number of hydrogen-bond donors (Lipinski definition) is 2. The van der Waals surface area contributed by atoms with Crippen LogP contribution in [0.5, 0.6) is 0 Å². The van der Waals surface area contributed by atoms with E-state index >= 15 is 0 Å². The van der Waals surface area contributed by atoms with Gasteiger partial charge in [-0.15, -0.1) is 24.8 Å². The molecule has 0 aliphatic heterocycles. The highest BCUT2D eigenvalue weighted by atomic mass is 35.5. The Morgan fingerprint density at radius 2 is 1.89 bits per heavy atom. The van der Waals surface area contributed by atoms with Crippen LogP contribution in [-0.2, 0) is 4.79 Å². The lowest BCUT2D eigenvalue weighted by Crippen LogP contribution is -2.38. The lowest BCUT2D eigenvalue weighted by atomic mass is 10.3. The van der Waals surface area contributed by atoms with Crippen LogP contribution in [0.15, 0.2) is 0 Å². The van der Waals surface area contributed by atoms with E-state index in [1.54, 1.807) is 11.8 Å². The normalized spacial score (nSPS) is 11.4. The third kappa shape index (κ3) is 12.8. The van der Waals surface area contributed by atoms with Crippen molar-refractivity contribution in [3.8, 4) is 0 Å². The molecule has 0 aliphatic carbocycles. The molecule has 18 heavy (non-hydrogen) atoms. The van der Waals surface area contributed by atoms with Crippen LogP contribution in [-0.4, -0.2) is 54.5 Å². The maximum atomic E-state index is 11.4. The van der Waals surface area contributed by atoms with Crippen molar-refractivity contribution in [2.75, 3.05) is 37.7 Å². The maximum absolute atomic E-state index is 11.4. The predicted molar refractivity (Wildman–Crippen MR) is 86.3 cm³/mol. The second kappa shape index (κ2) is 15.4. The Labute approximate surface area is 128 Å². The summed E-state index contributed by atoms with van der Waals surface area (Å²) in [5.41, 5.74) is 5.42. The minimum Gasteiger partial charge on any atom is -0.352 e. The Morgan fingerprint density at radius 1 is 1.33 bits per heavy atom. The highest BCUT2D eigenvalue weighted by Gasteiger charge is 2.05. The Bertz CT molecular complexity index is 195. The molecule has 0 aromatic carbocycles. The number of nitrogens with one attached hydrogen (secondary N) is 1. The summed E-state index contributed by atoms with van der Waals surface area (Å²) in [6.45, 7) is 9.93. The zero-order valence-corrected chi connectivity index (χ0v) is 13.9. The molecule has 112 valence electrons. The average Bonchev–Trinajstić information content (AvgIpc) is 2.29. The van der Waals surface area contributed by atoms with E-state index in [1.165, 1.54) is 0 Å². The van der Waals surface area contributed by atoms with Gasteiger partial charge >= 0.3 is 0 Å². The molecule has 0 rings (SSSR count). The number of thioether (sulfide) groups is 1. The predicted octanol–water partition coefficient (Wildman–Crippen LogP) is 1.37. The second-order valence-electron chi connectivity index (χ2n) is 3.78. The molecule has 0 unspecified atom stereocenters. The quantitative estimate of drug-likeness (QED) is 0.630. The third-order valence-corrected chi connectivity index (χ3v) is 3.38. The van der Waals surface area contributed by atoms with E-state index in [4.69, 9.17) is 5.73 Å². The van der Waals surface area contributed by atoms with Crippen LogP contribution in [0.2, 0.25) is 0 Å². The molecule has 0 aliphatic rings. The van der Waals surface area contributed by atoms with Gasteiger partial charge in [0.15, 0.2) is 0 Å². The van der Waals surface area contributed by atoms with Crippen LogP contribution in [0.25, 0.3) is 0 Å². The summed E-state index contributed by atoms with van der Waals surface area (Å²) in [5, 5.41) is 2.85. The SMILES string of the molecule is CCN(CC)CCSCC(=O)N[C@@H](C)CN.Cl.Cl. The fourth-order valence-electron chi connectivity index (χ4n) is 1.27.